The van der Waals surface area contributed by atoms with Gasteiger partial charge in [-0.15, -0.1) is 0 Å². The second-order valence-electron chi connectivity index (χ2n) is 5.25. The Morgan fingerprint density at radius 2 is 1.52 bits per heavy atom. The van der Waals surface area contributed by atoms with Crippen LogP contribution in [0, 0.1) is 20.2 Å². The van der Waals surface area contributed by atoms with E-state index in [-0.39, 0.29) is 17.3 Å². The molecule has 27 heavy (non-hydrogen) atoms. The third kappa shape index (κ3) is 3.51. The molecule has 0 aliphatic rings. The minimum atomic E-state index is -0.734. The van der Waals surface area contributed by atoms with Gasteiger partial charge in [-0.1, -0.05) is 5.16 Å². The summed E-state index contributed by atoms with van der Waals surface area (Å²) in [6.07, 6.45) is 0. The number of nitro groups is 2. The van der Waals surface area contributed by atoms with Crippen LogP contribution in [0.4, 0.5) is 11.4 Å². The average molecular weight is 372 g/mol. The van der Waals surface area contributed by atoms with Gasteiger partial charge < -0.3 is 14.0 Å². The minimum absolute atomic E-state index is 0.0649. The molecule has 0 N–H and O–H groups in total. The zero-order chi connectivity index (χ0) is 19.6. The molecule has 0 aliphatic carbocycles. The van der Waals surface area contributed by atoms with Crippen LogP contribution in [0.1, 0.15) is 0 Å². The highest BCUT2D eigenvalue weighted by molar-refractivity contribution is 5.66. The van der Waals surface area contributed by atoms with Crippen LogP contribution in [0.25, 0.3) is 22.8 Å². The van der Waals surface area contributed by atoms with Crippen molar-refractivity contribution in [2.45, 2.75) is 0 Å². The molecule has 0 aliphatic heterocycles. The van der Waals surface area contributed by atoms with Gasteiger partial charge in [-0.3, -0.25) is 20.2 Å². The number of ether oxygens (including phenoxy) is 2. The van der Waals surface area contributed by atoms with E-state index in [4.69, 9.17) is 14.0 Å². The second kappa shape index (κ2) is 7.07. The lowest BCUT2D eigenvalue weighted by Gasteiger charge is -2.07. The fourth-order valence-electron chi connectivity index (χ4n) is 2.36. The minimum Gasteiger partial charge on any atom is -0.493 e. The van der Waals surface area contributed by atoms with Crippen LogP contribution < -0.4 is 9.47 Å². The Kier molecular flexibility index (Phi) is 4.66. The summed E-state index contributed by atoms with van der Waals surface area (Å²) in [6, 6.07) is 8.06. The van der Waals surface area contributed by atoms with E-state index in [9.17, 15) is 20.2 Å². The van der Waals surface area contributed by atoms with Gasteiger partial charge in [0.1, 0.15) is 0 Å². The topological polar surface area (TPSA) is 144 Å². The van der Waals surface area contributed by atoms with E-state index in [0.29, 0.717) is 17.1 Å². The molecule has 3 aromatic rings. The van der Waals surface area contributed by atoms with Gasteiger partial charge in [-0.05, 0) is 18.2 Å². The molecule has 0 spiro atoms. The van der Waals surface area contributed by atoms with Gasteiger partial charge in [0.15, 0.2) is 11.5 Å². The molecule has 1 heterocycles. The number of benzene rings is 2. The van der Waals surface area contributed by atoms with Gasteiger partial charge in [0.25, 0.3) is 17.3 Å². The van der Waals surface area contributed by atoms with Crippen LogP contribution in [-0.2, 0) is 0 Å². The summed E-state index contributed by atoms with van der Waals surface area (Å²) in [7, 11) is 2.98. The number of methoxy groups -OCH3 is 2. The highest BCUT2D eigenvalue weighted by Gasteiger charge is 2.21. The van der Waals surface area contributed by atoms with Gasteiger partial charge in [-0.2, -0.15) is 4.98 Å². The summed E-state index contributed by atoms with van der Waals surface area (Å²) in [5, 5.41) is 25.8. The van der Waals surface area contributed by atoms with E-state index in [1.54, 1.807) is 18.2 Å². The third-order valence-corrected chi connectivity index (χ3v) is 3.64. The van der Waals surface area contributed by atoms with Crippen molar-refractivity contribution in [2.24, 2.45) is 0 Å². The number of hydrogen-bond donors (Lipinski definition) is 0. The van der Waals surface area contributed by atoms with E-state index in [2.05, 4.69) is 10.1 Å². The monoisotopic (exact) mass is 372 g/mol. The summed E-state index contributed by atoms with van der Waals surface area (Å²) >= 11 is 0. The number of nitrogens with zero attached hydrogens (tertiary/aromatic N) is 4. The maximum atomic E-state index is 11.0. The lowest BCUT2D eigenvalue weighted by molar-refractivity contribution is -0.394. The standard InChI is InChI=1S/C16H12N4O7/c1-25-13-4-3-9(7-14(13)26-2)15-17-16(27-18-15)10-5-11(19(21)22)8-12(6-10)20(23)24/h3-8H,1-2H3. The predicted molar refractivity (Wildman–Crippen MR) is 91.6 cm³/mol. The second-order valence-corrected chi connectivity index (χ2v) is 5.25. The zero-order valence-corrected chi connectivity index (χ0v) is 14.1. The van der Waals surface area contributed by atoms with E-state index >= 15 is 0 Å². The van der Waals surface area contributed by atoms with Crippen LogP contribution in [0.3, 0.4) is 0 Å². The van der Waals surface area contributed by atoms with Crippen LogP contribution in [-0.4, -0.2) is 34.2 Å². The molecule has 0 unspecified atom stereocenters. The molecule has 0 fully saturated rings. The van der Waals surface area contributed by atoms with E-state index < -0.39 is 21.2 Å². The number of nitro benzene ring substituents is 2. The van der Waals surface area contributed by atoms with Crippen molar-refractivity contribution in [1.82, 2.24) is 10.1 Å². The van der Waals surface area contributed by atoms with Crippen LogP contribution in [0.5, 0.6) is 11.5 Å². The normalized spacial score (nSPS) is 10.4. The Hall–Kier alpha value is -4.02. The maximum Gasteiger partial charge on any atom is 0.277 e. The van der Waals surface area contributed by atoms with Crippen LogP contribution in [0.15, 0.2) is 40.9 Å². The molecule has 0 saturated heterocycles. The largest absolute Gasteiger partial charge is 0.493 e. The molecule has 2 aromatic carbocycles. The van der Waals surface area contributed by atoms with Crippen molar-refractivity contribution in [3.8, 4) is 34.3 Å². The fourth-order valence-corrected chi connectivity index (χ4v) is 2.36. The molecule has 0 radical (unpaired) electrons. The van der Waals surface area contributed by atoms with E-state index in [1.165, 1.54) is 14.2 Å². The quantitative estimate of drug-likeness (QED) is 0.470. The van der Waals surface area contributed by atoms with Crippen LogP contribution in [0.2, 0.25) is 0 Å². The van der Waals surface area contributed by atoms with Crippen molar-refractivity contribution in [1.29, 1.82) is 0 Å². The first-order chi connectivity index (χ1) is 12.9. The summed E-state index contributed by atoms with van der Waals surface area (Å²) in [6.45, 7) is 0. The molecule has 1 aromatic heterocycles. The molecule has 138 valence electrons. The van der Waals surface area contributed by atoms with Gasteiger partial charge in [0.05, 0.1) is 35.7 Å². The Morgan fingerprint density at radius 1 is 0.889 bits per heavy atom. The van der Waals surface area contributed by atoms with Crippen molar-refractivity contribution >= 4 is 11.4 Å². The zero-order valence-electron chi connectivity index (χ0n) is 14.1. The van der Waals surface area contributed by atoms with Gasteiger partial charge in [-0.25, -0.2) is 0 Å². The fraction of sp³-hybridized carbons (Fsp3) is 0.125. The molecular formula is C16H12N4O7. The highest BCUT2D eigenvalue weighted by Crippen LogP contribution is 2.33. The van der Waals surface area contributed by atoms with Crippen molar-refractivity contribution in [3.63, 3.8) is 0 Å². The molecule has 11 heteroatoms. The third-order valence-electron chi connectivity index (χ3n) is 3.64. The molecule has 0 saturated carbocycles. The number of aromatic nitrogens is 2. The van der Waals surface area contributed by atoms with E-state index in [0.717, 1.165) is 18.2 Å². The highest BCUT2D eigenvalue weighted by atomic mass is 16.6. The summed E-state index contributed by atoms with van der Waals surface area (Å²) in [4.78, 5) is 24.7. The lowest BCUT2D eigenvalue weighted by atomic mass is 10.1. The smallest absolute Gasteiger partial charge is 0.277 e. The summed E-state index contributed by atoms with van der Waals surface area (Å²) in [5.74, 6) is 1.05. The Morgan fingerprint density at radius 3 is 2.07 bits per heavy atom. The summed E-state index contributed by atoms with van der Waals surface area (Å²) < 4.78 is 15.5. The van der Waals surface area contributed by atoms with Gasteiger partial charge in [0, 0.05) is 17.7 Å². The molecule has 11 nitrogen and oxygen atoms in total. The first-order valence-corrected chi connectivity index (χ1v) is 7.43. The number of non-ortho nitro benzene ring substituents is 2. The molecule has 0 atom stereocenters. The van der Waals surface area contributed by atoms with E-state index in [1.807, 2.05) is 0 Å². The lowest BCUT2D eigenvalue weighted by Crippen LogP contribution is -1.94. The maximum absolute atomic E-state index is 11.0. The summed E-state index contributed by atoms with van der Waals surface area (Å²) in [5.41, 5.74) is -0.298. The Balaban J connectivity index is 2.03. The number of rotatable bonds is 6. The average Bonchev–Trinajstić information content (AvgIpc) is 3.17. The molecule has 0 bridgehead atoms. The Labute approximate surface area is 151 Å². The molecule has 3 rings (SSSR count). The Bertz CT molecular complexity index is 999. The molecular weight excluding hydrogens is 360 g/mol. The SMILES string of the molecule is COc1ccc(-c2noc(-c3cc([N+](=O)[O-])cc([N+](=O)[O-])c3)n2)cc1OC. The van der Waals surface area contributed by atoms with Crippen molar-refractivity contribution in [2.75, 3.05) is 14.2 Å². The predicted octanol–water partition coefficient (Wildman–Crippen LogP) is 3.24. The van der Waals surface area contributed by atoms with Gasteiger partial charge >= 0.3 is 0 Å². The van der Waals surface area contributed by atoms with Gasteiger partial charge in [0.2, 0.25) is 5.82 Å². The van der Waals surface area contributed by atoms with Crippen molar-refractivity contribution < 1.29 is 23.8 Å². The molecule has 0 amide bonds. The van der Waals surface area contributed by atoms with Crippen molar-refractivity contribution in [3.05, 3.63) is 56.6 Å². The first-order valence-electron chi connectivity index (χ1n) is 7.43. The number of hydrogen-bond acceptors (Lipinski definition) is 9. The first kappa shape index (κ1) is 17.8. The van der Waals surface area contributed by atoms with Crippen LogP contribution >= 0.6 is 0 Å².